The van der Waals surface area contributed by atoms with Crippen LogP contribution < -0.4 is 10.5 Å². The maximum Gasteiger partial charge on any atom is 0.273 e. The van der Waals surface area contributed by atoms with E-state index in [1.54, 1.807) is 26.4 Å². The Balaban J connectivity index is 2.41. The third-order valence-corrected chi connectivity index (χ3v) is 2.69. The van der Waals surface area contributed by atoms with Crippen LogP contribution in [0.2, 0.25) is 0 Å². The van der Waals surface area contributed by atoms with Crippen LogP contribution in [0.3, 0.4) is 0 Å². The zero-order chi connectivity index (χ0) is 14.7. The number of hydrogen-bond acceptors (Lipinski definition) is 6. The number of nitrogens with zero attached hydrogens (tertiary/aromatic N) is 4. The molecule has 2 N–H and O–H groups in total. The van der Waals surface area contributed by atoms with Crippen LogP contribution in [0.1, 0.15) is 10.5 Å². The topological polar surface area (TPSA) is 94.2 Å². The first-order chi connectivity index (χ1) is 9.54. The molecule has 0 radical (unpaired) electrons. The Morgan fingerprint density at radius 1 is 1.25 bits per heavy atom. The summed E-state index contributed by atoms with van der Waals surface area (Å²) < 4.78 is 5.22. The summed E-state index contributed by atoms with van der Waals surface area (Å²) in [6.07, 6.45) is 4.50. The number of nitrogen functional groups attached to an aromatic ring is 1. The number of pyridine rings is 1. The number of hydrogen-bond donors (Lipinski definition) is 1. The average Bonchev–Trinajstić information content (AvgIpc) is 2.46. The molecule has 2 aromatic heterocycles. The predicted molar refractivity (Wildman–Crippen MR) is 74.2 cm³/mol. The fourth-order valence-corrected chi connectivity index (χ4v) is 1.69. The summed E-state index contributed by atoms with van der Waals surface area (Å²) in [6, 6.07) is 1.73. The van der Waals surface area contributed by atoms with Crippen molar-refractivity contribution in [1.29, 1.82) is 0 Å². The Hall–Kier alpha value is -2.70. The predicted octanol–water partition coefficient (Wildman–Crippen LogP) is 0.831. The van der Waals surface area contributed by atoms with Crippen molar-refractivity contribution in [3.05, 3.63) is 30.4 Å². The number of methoxy groups -OCH3 is 1. The van der Waals surface area contributed by atoms with Gasteiger partial charge < -0.3 is 15.4 Å². The van der Waals surface area contributed by atoms with Crippen molar-refractivity contribution in [1.82, 2.24) is 19.9 Å². The molecule has 1 amide bonds. The van der Waals surface area contributed by atoms with Gasteiger partial charge in [0.1, 0.15) is 5.69 Å². The van der Waals surface area contributed by atoms with E-state index in [1.165, 1.54) is 24.4 Å². The third kappa shape index (κ3) is 2.51. The fraction of sp³-hybridized carbons (Fsp3) is 0.231. The van der Waals surface area contributed by atoms with Gasteiger partial charge >= 0.3 is 0 Å². The van der Waals surface area contributed by atoms with E-state index in [-0.39, 0.29) is 17.4 Å². The van der Waals surface area contributed by atoms with Crippen molar-refractivity contribution in [3.8, 4) is 17.0 Å². The van der Waals surface area contributed by atoms with Crippen molar-refractivity contribution in [2.45, 2.75) is 0 Å². The van der Waals surface area contributed by atoms with Crippen molar-refractivity contribution in [3.63, 3.8) is 0 Å². The standard InChI is InChI=1S/C13H15N5O2/c1-18(2)13(19)10-7-16-9(6-17-10)8-4-5-15-12(14)11(8)20-3/h4-7H,1-3H3,(H2,14,15). The van der Waals surface area contributed by atoms with Gasteiger partial charge in [0.05, 0.1) is 25.2 Å². The minimum absolute atomic E-state index is 0.203. The smallest absolute Gasteiger partial charge is 0.273 e. The lowest BCUT2D eigenvalue weighted by molar-refractivity contribution is 0.0821. The van der Waals surface area contributed by atoms with Gasteiger partial charge in [0.15, 0.2) is 11.6 Å². The second kappa shape index (κ2) is 5.52. The first kappa shape index (κ1) is 13.7. The second-order valence-corrected chi connectivity index (χ2v) is 4.26. The maximum atomic E-state index is 11.7. The molecule has 0 fully saturated rings. The first-order valence-corrected chi connectivity index (χ1v) is 5.87. The molecule has 0 saturated carbocycles. The Labute approximate surface area is 116 Å². The van der Waals surface area contributed by atoms with Gasteiger partial charge in [-0.1, -0.05) is 0 Å². The second-order valence-electron chi connectivity index (χ2n) is 4.26. The highest BCUT2D eigenvalue weighted by Gasteiger charge is 2.14. The van der Waals surface area contributed by atoms with Crippen LogP contribution in [0.25, 0.3) is 11.3 Å². The van der Waals surface area contributed by atoms with Gasteiger partial charge in [0.25, 0.3) is 5.91 Å². The molecule has 2 aromatic rings. The van der Waals surface area contributed by atoms with Crippen molar-refractivity contribution in [2.75, 3.05) is 26.9 Å². The van der Waals surface area contributed by atoms with E-state index in [1.807, 2.05) is 0 Å². The van der Waals surface area contributed by atoms with Crippen molar-refractivity contribution >= 4 is 11.7 Å². The number of anilines is 1. The SMILES string of the molecule is COc1c(-c2cnc(C(=O)N(C)C)cn2)ccnc1N. The van der Waals surface area contributed by atoms with E-state index >= 15 is 0 Å². The van der Waals surface area contributed by atoms with Crippen LogP contribution in [0, 0.1) is 0 Å². The van der Waals surface area contributed by atoms with Gasteiger partial charge in [-0.25, -0.2) is 9.97 Å². The lowest BCUT2D eigenvalue weighted by Crippen LogP contribution is -2.22. The zero-order valence-corrected chi connectivity index (χ0v) is 11.5. The Kier molecular flexibility index (Phi) is 3.79. The highest BCUT2D eigenvalue weighted by molar-refractivity contribution is 5.91. The van der Waals surface area contributed by atoms with Gasteiger partial charge in [0.2, 0.25) is 0 Å². The van der Waals surface area contributed by atoms with E-state index < -0.39 is 0 Å². The highest BCUT2D eigenvalue weighted by atomic mass is 16.5. The van der Waals surface area contributed by atoms with Gasteiger partial charge in [-0.05, 0) is 6.07 Å². The summed E-state index contributed by atoms with van der Waals surface area (Å²) in [4.78, 5) is 25.5. The summed E-state index contributed by atoms with van der Waals surface area (Å²) in [5, 5.41) is 0. The Morgan fingerprint density at radius 3 is 2.55 bits per heavy atom. The van der Waals surface area contributed by atoms with E-state index in [4.69, 9.17) is 10.5 Å². The number of amides is 1. The quantitative estimate of drug-likeness (QED) is 0.890. The van der Waals surface area contributed by atoms with Crippen molar-refractivity contribution in [2.24, 2.45) is 0 Å². The Bertz CT molecular complexity index is 625. The summed E-state index contributed by atoms with van der Waals surface area (Å²) in [7, 11) is 4.82. The number of carbonyl (C=O) groups is 1. The van der Waals surface area contributed by atoms with E-state index in [9.17, 15) is 4.79 Å². The zero-order valence-electron chi connectivity index (χ0n) is 11.5. The van der Waals surface area contributed by atoms with Gasteiger partial charge in [-0.2, -0.15) is 0 Å². The molecule has 0 bridgehead atoms. The summed E-state index contributed by atoms with van der Waals surface area (Å²) >= 11 is 0. The molecule has 0 atom stereocenters. The molecule has 0 unspecified atom stereocenters. The molecule has 7 nitrogen and oxygen atoms in total. The third-order valence-electron chi connectivity index (χ3n) is 2.69. The molecule has 0 spiro atoms. The van der Waals surface area contributed by atoms with Crippen LogP contribution in [0.15, 0.2) is 24.7 Å². The van der Waals surface area contributed by atoms with Crippen molar-refractivity contribution < 1.29 is 9.53 Å². The number of aromatic nitrogens is 3. The molecule has 0 aromatic carbocycles. The average molecular weight is 273 g/mol. The molecule has 0 aliphatic heterocycles. The minimum atomic E-state index is -0.203. The molecule has 2 rings (SSSR count). The van der Waals surface area contributed by atoms with Crippen LogP contribution >= 0.6 is 0 Å². The van der Waals surface area contributed by atoms with Crippen LogP contribution in [-0.2, 0) is 0 Å². The van der Waals surface area contributed by atoms with Crippen LogP contribution in [0.5, 0.6) is 5.75 Å². The first-order valence-electron chi connectivity index (χ1n) is 5.87. The van der Waals surface area contributed by atoms with Crippen LogP contribution in [0.4, 0.5) is 5.82 Å². The lowest BCUT2D eigenvalue weighted by atomic mass is 10.1. The molecule has 0 saturated heterocycles. The van der Waals surface area contributed by atoms with Gasteiger partial charge in [-0.15, -0.1) is 0 Å². The van der Waals surface area contributed by atoms with E-state index in [0.29, 0.717) is 17.0 Å². The highest BCUT2D eigenvalue weighted by Crippen LogP contribution is 2.31. The number of nitrogens with two attached hydrogens (primary N) is 1. The lowest BCUT2D eigenvalue weighted by Gasteiger charge is -2.11. The number of carbonyl (C=O) groups excluding carboxylic acids is 1. The molecule has 20 heavy (non-hydrogen) atoms. The van der Waals surface area contributed by atoms with E-state index in [0.717, 1.165) is 0 Å². The van der Waals surface area contributed by atoms with Gasteiger partial charge in [-0.3, -0.25) is 9.78 Å². The molecular formula is C13H15N5O2. The molecule has 0 aliphatic carbocycles. The van der Waals surface area contributed by atoms with Crippen LogP contribution in [-0.4, -0.2) is 47.0 Å². The summed E-state index contributed by atoms with van der Waals surface area (Å²) in [6.45, 7) is 0. The minimum Gasteiger partial charge on any atom is -0.492 e. The molecule has 0 aliphatic rings. The molecule has 104 valence electrons. The van der Waals surface area contributed by atoms with Gasteiger partial charge in [0, 0.05) is 25.9 Å². The molecule has 2 heterocycles. The summed E-state index contributed by atoms with van der Waals surface area (Å²) in [5.41, 5.74) is 7.26. The fourth-order valence-electron chi connectivity index (χ4n) is 1.69. The number of rotatable bonds is 3. The maximum absolute atomic E-state index is 11.7. The van der Waals surface area contributed by atoms with E-state index in [2.05, 4.69) is 15.0 Å². The number of ether oxygens (including phenoxy) is 1. The Morgan fingerprint density at radius 2 is 2.00 bits per heavy atom. The normalized spacial score (nSPS) is 10.2. The largest absolute Gasteiger partial charge is 0.492 e. The molecule has 7 heteroatoms. The summed E-state index contributed by atoms with van der Waals surface area (Å²) in [5.74, 6) is 0.513. The monoisotopic (exact) mass is 273 g/mol. The molecular weight excluding hydrogens is 258 g/mol.